The second kappa shape index (κ2) is 2.99. The van der Waals surface area contributed by atoms with Crippen LogP contribution in [-0.2, 0) is 0 Å². The number of fused-ring (bicyclic) bond motifs is 3. The first-order chi connectivity index (χ1) is 6.86. The Hall–Kier alpha value is -1.02. The van der Waals surface area contributed by atoms with Crippen LogP contribution in [0.25, 0.3) is 0 Å². The van der Waals surface area contributed by atoms with Gasteiger partial charge in [-0.05, 0) is 37.1 Å². The highest BCUT2D eigenvalue weighted by Crippen LogP contribution is 2.40. The molecule has 2 unspecified atom stereocenters. The van der Waals surface area contributed by atoms with Gasteiger partial charge in [0, 0.05) is 24.2 Å². The van der Waals surface area contributed by atoms with Crippen molar-refractivity contribution in [1.82, 2.24) is 5.32 Å². The number of hydrogen-bond acceptors (Lipinski definition) is 2. The van der Waals surface area contributed by atoms with Crippen molar-refractivity contribution >= 4 is 5.69 Å². The van der Waals surface area contributed by atoms with E-state index >= 15 is 0 Å². The highest BCUT2D eigenvalue weighted by atomic mass is 15.0. The molecule has 0 spiro atoms. The van der Waals surface area contributed by atoms with Crippen molar-refractivity contribution in [3.05, 3.63) is 29.3 Å². The van der Waals surface area contributed by atoms with Crippen LogP contribution in [0.15, 0.2) is 18.2 Å². The van der Waals surface area contributed by atoms with Crippen LogP contribution < -0.4 is 10.6 Å². The summed E-state index contributed by atoms with van der Waals surface area (Å²) in [6.07, 6.45) is 1.27. The number of piperidine rings is 1. The van der Waals surface area contributed by atoms with Crippen molar-refractivity contribution in [2.45, 2.75) is 25.3 Å². The molecule has 2 heterocycles. The lowest BCUT2D eigenvalue weighted by Crippen LogP contribution is -2.40. The molecule has 3 rings (SSSR count). The number of anilines is 1. The summed E-state index contributed by atoms with van der Waals surface area (Å²) in [5, 5.41) is 7.06. The minimum absolute atomic E-state index is 0.625. The minimum atomic E-state index is 0.625. The molecule has 74 valence electrons. The summed E-state index contributed by atoms with van der Waals surface area (Å²) < 4.78 is 0. The number of nitrogens with one attached hydrogen (secondary N) is 2. The zero-order valence-corrected chi connectivity index (χ0v) is 8.51. The molecule has 1 aromatic carbocycles. The Balaban J connectivity index is 2.06. The summed E-state index contributed by atoms with van der Waals surface area (Å²) in [7, 11) is 0. The Bertz CT molecular complexity index is 359. The van der Waals surface area contributed by atoms with Gasteiger partial charge in [0.05, 0.1) is 0 Å². The maximum Gasteiger partial charge on any atom is 0.0455 e. The van der Waals surface area contributed by atoms with Gasteiger partial charge in [0.2, 0.25) is 0 Å². The van der Waals surface area contributed by atoms with Crippen molar-refractivity contribution < 1.29 is 0 Å². The van der Waals surface area contributed by atoms with Crippen molar-refractivity contribution in [1.29, 1.82) is 0 Å². The molecule has 2 atom stereocenters. The van der Waals surface area contributed by atoms with Crippen LogP contribution in [0.3, 0.4) is 0 Å². The maximum atomic E-state index is 3.61. The predicted octanol–water partition coefficient (Wildman–Crippen LogP) is 1.87. The summed E-state index contributed by atoms with van der Waals surface area (Å²) in [5.74, 6) is 0.743. The van der Waals surface area contributed by atoms with E-state index in [0.717, 1.165) is 19.0 Å². The van der Waals surface area contributed by atoms with Gasteiger partial charge in [-0.3, -0.25) is 0 Å². The molecule has 1 aromatic rings. The molecule has 1 saturated heterocycles. The Morgan fingerprint density at radius 1 is 1.36 bits per heavy atom. The van der Waals surface area contributed by atoms with Gasteiger partial charge in [0.1, 0.15) is 0 Å². The lowest BCUT2D eigenvalue weighted by atomic mass is 9.87. The van der Waals surface area contributed by atoms with E-state index in [0.29, 0.717) is 6.04 Å². The molecule has 2 aliphatic rings. The number of hydrogen-bond donors (Lipinski definition) is 2. The van der Waals surface area contributed by atoms with E-state index < -0.39 is 0 Å². The van der Waals surface area contributed by atoms with Gasteiger partial charge in [0.25, 0.3) is 0 Å². The number of benzene rings is 1. The maximum absolute atomic E-state index is 3.61. The predicted molar refractivity (Wildman–Crippen MR) is 58.8 cm³/mol. The third-order valence-corrected chi connectivity index (χ3v) is 3.52. The van der Waals surface area contributed by atoms with E-state index in [1.54, 1.807) is 5.56 Å². The topological polar surface area (TPSA) is 24.1 Å². The zero-order chi connectivity index (χ0) is 9.54. The second-order valence-corrected chi connectivity index (χ2v) is 4.39. The van der Waals surface area contributed by atoms with Gasteiger partial charge in [-0.2, -0.15) is 0 Å². The Kier molecular flexibility index (Phi) is 1.77. The molecule has 0 saturated carbocycles. The van der Waals surface area contributed by atoms with Crippen molar-refractivity contribution in [3.63, 3.8) is 0 Å². The fraction of sp³-hybridized carbons (Fsp3) is 0.500. The van der Waals surface area contributed by atoms with Gasteiger partial charge < -0.3 is 10.6 Å². The van der Waals surface area contributed by atoms with Gasteiger partial charge in [-0.25, -0.2) is 0 Å². The average molecular weight is 188 g/mol. The summed E-state index contributed by atoms with van der Waals surface area (Å²) >= 11 is 0. The summed E-state index contributed by atoms with van der Waals surface area (Å²) in [6.45, 7) is 4.50. The van der Waals surface area contributed by atoms with Gasteiger partial charge in [-0.1, -0.05) is 12.1 Å². The van der Waals surface area contributed by atoms with E-state index in [2.05, 4.69) is 35.8 Å². The van der Waals surface area contributed by atoms with Gasteiger partial charge in [0.15, 0.2) is 0 Å². The normalized spacial score (nSPS) is 29.2. The third-order valence-electron chi connectivity index (χ3n) is 3.52. The molecule has 2 aliphatic heterocycles. The summed E-state index contributed by atoms with van der Waals surface area (Å²) in [6, 6.07) is 7.21. The van der Waals surface area contributed by atoms with Crippen LogP contribution in [0.1, 0.15) is 23.5 Å². The fourth-order valence-corrected chi connectivity index (χ4v) is 2.85. The molecule has 2 N–H and O–H groups in total. The lowest BCUT2D eigenvalue weighted by molar-refractivity contribution is 0.438. The van der Waals surface area contributed by atoms with Crippen LogP contribution in [-0.4, -0.2) is 19.1 Å². The largest absolute Gasteiger partial charge is 0.380 e. The molecular weight excluding hydrogens is 172 g/mol. The molecule has 0 amide bonds. The molecule has 0 aromatic heterocycles. The molecule has 0 bridgehead atoms. The first kappa shape index (κ1) is 8.30. The van der Waals surface area contributed by atoms with E-state index in [4.69, 9.17) is 0 Å². The SMILES string of the molecule is Cc1cccc2c1C1CCNCC1N2. The quantitative estimate of drug-likeness (QED) is 0.649. The fourth-order valence-electron chi connectivity index (χ4n) is 2.85. The Morgan fingerprint density at radius 3 is 3.21 bits per heavy atom. The average Bonchev–Trinajstić information content (AvgIpc) is 2.57. The van der Waals surface area contributed by atoms with Crippen molar-refractivity contribution in [2.75, 3.05) is 18.4 Å². The molecule has 14 heavy (non-hydrogen) atoms. The first-order valence-corrected chi connectivity index (χ1v) is 5.43. The molecule has 1 fully saturated rings. The Morgan fingerprint density at radius 2 is 2.29 bits per heavy atom. The molecule has 0 radical (unpaired) electrons. The van der Waals surface area contributed by atoms with Crippen LogP contribution in [0.4, 0.5) is 5.69 Å². The van der Waals surface area contributed by atoms with Gasteiger partial charge >= 0.3 is 0 Å². The van der Waals surface area contributed by atoms with Crippen molar-refractivity contribution in [3.8, 4) is 0 Å². The zero-order valence-electron chi connectivity index (χ0n) is 8.51. The van der Waals surface area contributed by atoms with E-state index in [1.807, 2.05) is 0 Å². The summed E-state index contributed by atoms with van der Waals surface area (Å²) in [5.41, 5.74) is 4.38. The van der Waals surface area contributed by atoms with Crippen molar-refractivity contribution in [2.24, 2.45) is 0 Å². The van der Waals surface area contributed by atoms with Gasteiger partial charge in [-0.15, -0.1) is 0 Å². The highest BCUT2D eigenvalue weighted by Gasteiger charge is 2.34. The first-order valence-electron chi connectivity index (χ1n) is 5.43. The highest BCUT2D eigenvalue weighted by molar-refractivity contribution is 5.62. The smallest absolute Gasteiger partial charge is 0.0455 e. The molecule has 0 aliphatic carbocycles. The van der Waals surface area contributed by atoms with Crippen LogP contribution in [0.2, 0.25) is 0 Å². The number of aryl methyl sites for hydroxylation is 1. The lowest BCUT2D eigenvalue weighted by Gasteiger charge is -2.26. The molecule has 2 nitrogen and oxygen atoms in total. The van der Waals surface area contributed by atoms with E-state index in [-0.39, 0.29) is 0 Å². The minimum Gasteiger partial charge on any atom is -0.380 e. The second-order valence-electron chi connectivity index (χ2n) is 4.39. The number of rotatable bonds is 0. The Labute approximate surface area is 84.7 Å². The molecular formula is C12H16N2. The summed E-state index contributed by atoms with van der Waals surface area (Å²) in [4.78, 5) is 0. The van der Waals surface area contributed by atoms with Crippen LogP contribution in [0.5, 0.6) is 0 Å². The monoisotopic (exact) mass is 188 g/mol. The third kappa shape index (κ3) is 1.07. The van der Waals surface area contributed by atoms with E-state index in [9.17, 15) is 0 Å². The standard InChI is InChI=1S/C12H16N2/c1-8-3-2-4-10-12(8)9-5-6-13-7-11(9)14-10/h2-4,9,11,13-14H,5-7H2,1H3. The van der Waals surface area contributed by atoms with E-state index in [1.165, 1.54) is 17.7 Å². The molecule has 2 heteroatoms. The van der Waals surface area contributed by atoms with Crippen LogP contribution in [0, 0.1) is 6.92 Å². The van der Waals surface area contributed by atoms with Crippen LogP contribution >= 0.6 is 0 Å².